The fourth-order valence-corrected chi connectivity index (χ4v) is 4.43. The van der Waals surface area contributed by atoms with Gasteiger partial charge in [0.1, 0.15) is 5.39 Å². The number of carbonyl (C=O) groups is 1. The number of fused-ring (bicyclic) bond motifs is 2. The lowest BCUT2D eigenvalue weighted by molar-refractivity contribution is 0.131. The van der Waals surface area contributed by atoms with Crippen LogP contribution in [0.5, 0.6) is 0 Å². The van der Waals surface area contributed by atoms with Crippen molar-refractivity contribution in [2.45, 2.75) is 26.1 Å². The first-order valence-electron chi connectivity index (χ1n) is 11.9. The molecule has 0 atom stereocenters. The number of aromatic nitrogens is 5. The monoisotopic (exact) mass is 500 g/mol. The van der Waals surface area contributed by atoms with Gasteiger partial charge in [0.2, 0.25) is 5.95 Å². The molecular weight excluding hydrogens is 472 g/mol. The molecule has 190 valence electrons. The van der Waals surface area contributed by atoms with E-state index in [2.05, 4.69) is 34.3 Å². The Hall–Kier alpha value is -4.51. The molecule has 1 aliphatic rings. The van der Waals surface area contributed by atoms with E-state index in [4.69, 9.17) is 14.7 Å². The van der Waals surface area contributed by atoms with Gasteiger partial charge in [-0.05, 0) is 48.4 Å². The molecule has 0 saturated heterocycles. The average Bonchev–Trinajstić information content (AvgIpc) is 3.19. The number of hydrogen-bond donors (Lipinski definition) is 2. The van der Waals surface area contributed by atoms with Gasteiger partial charge in [-0.25, -0.2) is 24.1 Å². The summed E-state index contributed by atoms with van der Waals surface area (Å²) in [6, 6.07) is 11.6. The summed E-state index contributed by atoms with van der Waals surface area (Å²) in [5.74, 6) is 0.844. The van der Waals surface area contributed by atoms with Gasteiger partial charge >= 0.3 is 6.09 Å². The fourth-order valence-electron chi connectivity index (χ4n) is 4.43. The third-order valence-electron chi connectivity index (χ3n) is 6.22. The Balaban J connectivity index is 1.55. The van der Waals surface area contributed by atoms with E-state index >= 15 is 0 Å². The third kappa shape index (κ3) is 4.81. The fraction of sp³-hybridized carbons (Fsp3) is 0.269. The van der Waals surface area contributed by atoms with Gasteiger partial charge in [0.15, 0.2) is 11.5 Å². The second kappa shape index (κ2) is 10.2. The summed E-state index contributed by atoms with van der Waals surface area (Å²) in [5, 5.41) is 7.02. The van der Waals surface area contributed by atoms with Crippen LogP contribution in [0.2, 0.25) is 0 Å². The molecule has 1 aromatic carbocycles. The van der Waals surface area contributed by atoms with Gasteiger partial charge in [-0.3, -0.25) is 4.79 Å². The van der Waals surface area contributed by atoms with Crippen molar-refractivity contribution in [1.29, 1.82) is 0 Å². The van der Waals surface area contributed by atoms with Gasteiger partial charge < -0.3 is 20.3 Å². The molecule has 11 nitrogen and oxygen atoms in total. The van der Waals surface area contributed by atoms with E-state index in [-0.39, 0.29) is 18.6 Å². The molecule has 4 aromatic rings. The third-order valence-corrected chi connectivity index (χ3v) is 6.22. The molecule has 11 heteroatoms. The Bertz CT molecular complexity index is 1540. The van der Waals surface area contributed by atoms with Gasteiger partial charge in [-0.15, -0.1) is 6.58 Å². The van der Waals surface area contributed by atoms with Crippen LogP contribution < -0.4 is 16.2 Å². The predicted octanol–water partition coefficient (Wildman–Crippen LogP) is 2.75. The second-order valence-corrected chi connectivity index (χ2v) is 8.77. The number of amides is 1. The zero-order valence-electron chi connectivity index (χ0n) is 20.8. The van der Waals surface area contributed by atoms with Crippen LogP contribution in [-0.4, -0.2) is 56.0 Å². The van der Waals surface area contributed by atoms with Crippen LogP contribution in [-0.2, 0) is 30.8 Å². The predicted molar refractivity (Wildman–Crippen MR) is 140 cm³/mol. The summed E-state index contributed by atoms with van der Waals surface area (Å²) in [6.45, 7) is 6.08. The second-order valence-electron chi connectivity index (χ2n) is 8.77. The summed E-state index contributed by atoms with van der Waals surface area (Å²) in [7, 11) is 2.95. The maximum Gasteiger partial charge on any atom is 0.409 e. The van der Waals surface area contributed by atoms with Crippen LogP contribution in [0.3, 0.4) is 0 Å². The number of rotatable bonds is 7. The molecule has 2 N–H and O–H groups in total. The highest BCUT2D eigenvalue weighted by atomic mass is 16.5. The van der Waals surface area contributed by atoms with Crippen LogP contribution in [0.4, 0.5) is 16.4 Å². The highest BCUT2D eigenvalue weighted by Crippen LogP contribution is 2.22. The summed E-state index contributed by atoms with van der Waals surface area (Å²) < 4.78 is 7.94. The molecule has 1 aliphatic heterocycles. The van der Waals surface area contributed by atoms with E-state index in [0.29, 0.717) is 28.5 Å². The number of ether oxygens (including phenoxy) is 1. The lowest BCUT2D eigenvalue weighted by atomic mass is 10.0. The van der Waals surface area contributed by atoms with Crippen molar-refractivity contribution in [1.82, 2.24) is 34.5 Å². The number of benzene rings is 1. The average molecular weight is 501 g/mol. The highest BCUT2D eigenvalue weighted by molar-refractivity contribution is 5.77. The van der Waals surface area contributed by atoms with E-state index in [1.165, 1.54) is 34.0 Å². The molecule has 5 rings (SSSR count). The molecule has 0 aliphatic carbocycles. The molecule has 3 aromatic heterocycles. The van der Waals surface area contributed by atoms with E-state index in [1.54, 1.807) is 29.9 Å². The first kappa shape index (κ1) is 24.2. The molecule has 0 spiro atoms. The summed E-state index contributed by atoms with van der Waals surface area (Å²) in [6.07, 6.45) is 3.70. The first-order chi connectivity index (χ1) is 18.0. The van der Waals surface area contributed by atoms with Crippen LogP contribution in [0, 0.1) is 0 Å². The van der Waals surface area contributed by atoms with Crippen LogP contribution >= 0.6 is 0 Å². The maximum absolute atomic E-state index is 13.2. The van der Waals surface area contributed by atoms with Crippen molar-refractivity contribution in [2.75, 3.05) is 26.0 Å². The Morgan fingerprint density at radius 3 is 2.95 bits per heavy atom. The number of pyridine rings is 1. The van der Waals surface area contributed by atoms with Crippen molar-refractivity contribution in [3.63, 3.8) is 0 Å². The molecular formula is C26H28N8O3. The van der Waals surface area contributed by atoms with E-state index in [9.17, 15) is 9.59 Å². The van der Waals surface area contributed by atoms with Crippen molar-refractivity contribution in [3.8, 4) is 5.82 Å². The van der Waals surface area contributed by atoms with E-state index in [1.807, 2.05) is 12.1 Å². The van der Waals surface area contributed by atoms with Crippen LogP contribution in [0.15, 0.2) is 60.0 Å². The van der Waals surface area contributed by atoms with Crippen LogP contribution in [0.1, 0.15) is 16.8 Å². The molecule has 1 amide bonds. The lowest BCUT2D eigenvalue weighted by Crippen LogP contribution is -2.27. The quantitative estimate of drug-likeness (QED) is 0.372. The van der Waals surface area contributed by atoms with Crippen molar-refractivity contribution in [3.05, 3.63) is 82.4 Å². The normalized spacial score (nSPS) is 12.7. The number of nitrogens with one attached hydrogen (secondary N) is 2. The topological polar surface area (TPSA) is 119 Å². The molecule has 0 radical (unpaired) electrons. The van der Waals surface area contributed by atoms with Gasteiger partial charge in [-0.1, -0.05) is 18.2 Å². The molecule has 0 unspecified atom stereocenters. The highest BCUT2D eigenvalue weighted by Gasteiger charge is 2.19. The maximum atomic E-state index is 13.2. The van der Waals surface area contributed by atoms with Crippen molar-refractivity contribution < 1.29 is 9.53 Å². The number of allylic oxidation sites excluding steroid dienone is 1. The SMILES string of the molecule is C=CCn1c(=O)c2cnc(Nc3ccc4c(c3)CNCC4)nc2n1-c1cccc(CN(C)C(=O)OC)n1. The molecule has 0 fully saturated rings. The number of anilines is 2. The Kier molecular flexibility index (Phi) is 6.69. The molecule has 0 bridgehead atoms. The van der Waals surface area contributed by atoms with Crippen LogP contribution in [0.25, 0.3) is 16.9 Å². The van der Waals surface area contributed by atoms with Gasteiger partial charge in [0.25, 0.3) is 5.56 Å². The lowest BCUT2D eigenvalue weighted by Gasteiger charge is -2.18. The molecule has 4 heterocycles. The smallest absolute Gasteiger partial charge is 0.409 e. The Morgan fingerprint density at radius 1 is 1.27 bits per heavy atom. The van der Waals surface area contributed by atoms with Gasteiger partial charge in [-0.2, -0.15) is 4.98 Å². The molecule has 37 heavy (non-hydrogen) atoms. The molecule has 0 saturated carbocycles. The largest absolute Gasteiger partial charge is 0.453 e. The standard InChI is InChI=1S/C26H28N8O3/c1-4-12-33-24(35)21-15-28-25(30-19-9-8-17-10-11-27-14-18(17)13-19)31-23(21)34(33)22-7-5-6-20(29-22)16-32(2)26(36)37-3/h4-9,13,15,27H,1,10-12,14,16H2,2-3H3,(H,28,30,31). The van der Waals surface area contributed by atoms with E-state index < -0.39 is 6.09 Å². The zero-order valence-corrected chi connectivity index (χ0v) is 20.8. The number of hydrogen-bond acceptors (Lipinski definition) is 8. The number of carbonyl (C=O) groups excluding carboxylic acids is 1. The van der Waals surface area contributed by atoms with Crippen molar-refractivity contribution in [2.24, 2.45) is 0 Å². The minimum atomic E-state index is -0.469. The minimum absolute atomic E-state index is 0.236. The first-order valence-corrected chi connectivity index (χ1v) is 11.9. The van der Waals surface area contributed by atoms with E-state index in [0.717, 1.165) is 25.2 Å². The number of methoxy groups -OCH3 is 1. The van der Waals surface area contributed by atoms with Gasteiger partial charge in [0.05, 0.1) is 25.9 Å². The summed E-state index contributed by atoms with van der Waals surface area (Å²) in [4.78, 5) is 40.3. The Labute approximate surface area is 213 Å². The number of nitrogens with zero attached hydrogens (tertiary/aromatic N) is 6. The van der Waals surface area contributed by atoms with Crippen molar-refractivity contribution >= 4 is 28.8 Å². The summed E-state index contributed by atoms with van der Waals surface area (Å²) in [5.41, 5.74) is 4.23. The minimum Gasteiger partial charge on any atom is -0.453 e. The summed E-state index contributed by atoms with van der Waals surface area (Å²) >= 11 is 0. The Morgan fingerprint density at radius 2 is 2.14 bits per heavy atom. The zero-order chi connectivity index (χ0) is 25.9. The van der Waals surface area contributed by atoms with Gasteiger partial charge in [0, 0.05) is 25.5 Å².